The van der Waals surface area contributed by atoms with Crippen molar-refractivity contribution in [3.8, 4) is 0 Å². The van der Waals surface area contributed by atoms with E-state index in [1.807, 2.05) is 19.2 Å². The standard InChI is InChI=1S/C13H17NOS/c1-14-12(9-11-6-8-16-10-11)4-5-13-3-2-7-15-13/h2-3,6-8,10,12,14H,4-5,9H2,1H3. The lowest BCUT2D eigenvalue weighted by molar-refractivity contribution is 0.460. The quantitative estimate of drug-likeness (QED) is 0.832. The highest BCUT2D eigenvalue weighted by molar-refractivity contribution is 7.07. The minimum absolute atomic E-state index is 0.528. The minimum atomic E-state index is 0.528. The largest absolute Gasteiger partial charge is 0.469 e. The van der Waals surface area contributed by atoms with Gasteiger partial charge in [-0.25, -0.2) is 0 Å². The number of aryl methyl sites for hydroxylation is 1. The molecule has 0 saturated carbocycles. The Morgan fingerprint density at radius 3 is 3.00 bits per heavy atom. The first-order valence-electron chi connectivity index (χ1n) is 5.59. The van der Waals surface area contributed by atoms with Crippen molar-refractivity contribution in [3.63, 3.8) is 0 Å². The van der Waals surface area contributed by atoms with E-state index in [2.05, 4.69) is 22.1 Å². The molecule has 0 fully saturated rings. The van der Waals surface area contributed by atoms with E-state index in [1.165, 1.54) is 5.56 Å². The molecule has 2 rings (SSSR count). The number of furan rings is 1. The van der Waals surface area contributed by atoms with Gasteiger partial charge in [-0.15, -0.1) is 0 Å². The predicted molar refractivity (Wildman–Crippen MR) is 67.9 cm³/mol. The van der Waals surface area contributed by atoms with Crippen molar-refractivity contribution in [1.29, 1.82) is 0 Å². The Kier molecular flexibility index (Phi) is 4.19. The van der Waals surface area contributed by atoms with Crippen molar-refractivity contribution in [2.75, 3.05) is 7.05 Å². The van der Waals surface area contributed by atoms with Gasteiger partial charge in [0.05, 0.1) is 6.26 Å². The lowest BCUT2D eigenvalue weighted by Crippen LogP contribution is -2.27. The molecule has 1 atom stereocenters. The summed E-state index contributed by atoms with van der Waals surface area (Å²) in [6, 6.07) is 6.71. The molecule has 2 aromatic rings. The number of nitrogens with one attached hydrogen (secondary N) is 1. The van der Waals surface area contributed by atoms with Gasteiger partial charge in [-0.1, -0.05) is 0 Å². The van der Waals surface area contributed by atoms with Gasteiger partial charge in [0.25, 0.3) is 0 Å². The summed E-state index contributed by atoms with van der Waals surface area (Å²) < 4.78 is 5.34. The van der Waals surface area contributed by atoms with Crippen molar-refractivity contribution in [2.24, 2.45) is 0 Å². The highest BCUT2D eigenvalue weighted by atomic mass is 32.1. The van der Waals surface area contributed by atoms with E-state index in [1.54, 1.807) is 17.6 Å². The Hall–Kier alpha value is -1.06. The van der Waals surface area contributed by atoms with Crippen LogP contribution in [-0.4, -0.2) is 13.1 Å². The van der Waals surface area contributed by atoms with Crippen LogP contribution >= 0.6 is 11.3 Å². The average Bonchev–Trinajstić information content (AvgIpc) is 2.97. The fourth-order valence-corrected chi connectivity index (χ4v) is 2.49. The lowest BCUT2D eigenvalue weighted by Gasteiger charge is -2.14. The third kappa shape index (κ3) is 3.22. The van der Waals surface area contributed by atoms with Crippen LogP contribution in [0.15, 0.2) is 39.6 Å². The maximum absolute atomic E-state index is 5.34. The van der Waals surface area contributed by atoms with Gasteiger partial charge in [0, 0.05) is 12.5 Å². The van der Waals surface area contributed by atoms with Crippen molar-refractivity contribution in [3.05, 3.63) is 46.5 Å². The normalized spacial score (nSPS) is 12.8. The number of likely N-dealkylation sites (N-methyl/N-ethyl adjacent to an activating group) is 1. The van der Waals surface area contributed by atoms with Crippen LogP contribution in [0, 0.1) is 0 Å². The van der Waals surface area contributed by atoms with Gasteiger partial charge in [-0.05, 0) is 54.4 Å². The smallest absolute Gasteiger partial charge is 0.103 e. The average molecular weight is 235 g/mol. The predicted octanol–water partition coefficient (Wildman–Crippen LogP) is 3.10. The van der Waals surface area contributed by atoms with Gasteiger partial charge in [-0.2, -0.15) is 11.3 Å². The van der Waals surface area contributed by atoms with E-state index in [9.17, 15) is 0 Å². The maximum Gasteiger partial charge on any atom is 0.103 e. The topological polar surface area (TPSA) is 25.2 Å². The number of rotatable bonds is 6. The number of thiophene rings is 1. The highest BCUT2D eigenvalue weighted by Crippen LogP contribution is 2.12. The van der Waals surface area contributed by atoms with Crippen LogP contribution in [0.3, 0.4) is 0 Å². The summed E-state index contributed by atoms with van der Waals surface area (Å²) in [4.78, 5) is 0. The van der Waals surface area contributed by atoms with Gasteiger partial charge in [-0.3, -0.25) is 0 Å². The van der Waals surface area contributed by atoms with Crippen LogP contribution in [0.25, 0.3) is 0 Å². The first-order valence-corrected chi connectivity index (χ1v) is 6.53. The van der Waals surface area contributed by atoms with E-state index < -0.39 is 0 Å². The van der Waals surface area contributed by atoms with Crippen LogP contribution in [0.2, 0.25) is 0 Å². The van der Waals surface area contributed by atoms with Crippen LogP contribution in [0.4, 0.5) is 0 Å². The summed E-state index contributed by atoms with van der Waals surface area (Å²) in [7, 11) is 2.03. The first kappa shape index (κ1) is 11.4. The van der Waals surface area contributed by atoms with Gasteiger partial charge in [0.1, 0.15) is 5.76 Å². The Labute approximate surface area is 100 Å². The summed E-state index contributed by atoms with van der Waals surface area (Å²) in [6.45, 7) is 0. The Morgan fingerprint density at radius 2 is 2.38 bits per heavy atom. The third-order valence-corrected chi connectivity index (χ3v) is 3.52. The number of hydrogen-bond donors (Lipinski definition) is 1. The van der Waals surface area contributed by atoms with Crippen LogP contribution in [-0.2, 0) is 12.8 Å². The van der Waals surface area contributed by atoms with E-state index >= 15 is 0 Å². The van der Waals surface area contributed by atoms with E-state index in [-0.39, 0.29) is 0 Å². The maximum atomic E-state index is 5.34. The zero-order chi connectivity index (χ0) is 11.2. The summed E-state index contributed by atoms with van der Waals surface area (Å²) in [5, 5.41) is 7.72. The molecule has 2 nitrogen and oxygen atoms in total. The summed E-state index contributed by atoms with van der Waals surface area (Å²) in [5.74, 6) is 1.07. The van der Waals surface area contributed by atoms with Crippen LogP contribution < -0.4 is 5.32 Å². The molecule has 0 amide bonds. The van der Waals surface area contributed by atoms with E-state index in [0.29, 0.717) is 6.04 Å². The van der Waals surface area contributed by atoms with Crippen LogP contribution in [0.5, 0.6) is 0 Å². The molecule has 16 heavy (non-hydrogen) atoms. The lowest BCUT2D eigenvalue weighted by atomic mass is 10.0. The zero-order valence-corrected chi connectivity index (χ0v) is 10.3. The fourth-order valence-electron chi connectivity index (χ4n) is 1.81. The molecule has 0 aromatic carbocycles. The van der Waals surface area contributed by atoms with E-state index in [0.717, 1.165) is 25.0 Å². The molecule has 1 unspecified atom stereocenters. The minimum Gasteiger partial charge on any atom is -0.469 e. The molecule has 2 heterocycles. The second-order valence-corrected chi connectivity index (χ2v) is 4.72. The second kappa shape index (κ2) is 5.87. The van der Waals surface area contributed by atoms with Crippen LogP contribution in [0.1, 0.15) is 17.7 Å². The first-order chi connectivity index (χ1) is 7.88. The molecule has 1 N–H and O–H groups in total. The van der Waals surface area contributed by atoms with Crippen molar-refractivity contribution < 1.29 is 4.42 Å². The van der Waals surface area contributed by atoms with Gasteiger partial charge >= 0.3 is 0 Å². The van der Waals surface area contributed by atoms with Gasteiger partial charge in [0.15, 0.2) is 0 Å². The second-order valence-electron chi connectivity index (χ2n) is 3.94. The molecule has 0 saturated heterocycles. The van der Waals surface area contributed by atoms with Crippen molar-refractivity contribution in [2.45, 2.75) is 25.3 Å². The molecule has 0 spiro atoms. The van der Waals surface area contributed by atoms with Crippen molar-refractivity contribution >= 4 is 11.3 Å². The molecular formula is C13H17NOS. The summed E-state index contributed by atoms with van der Waals surface area (Å²) in [5.41, 5.74) is 1.42. The molecule has 2 aromatic heterocycles. The summed E-state index contributed by atoms with van der Waals surface area (Å²) in [6.07, 6.45) is 4.95. The zero-order valence-electron chi connectivity index (χ0n) is 9.48. The molecule has 0 aliphatic carbocycles. The molecular weight excluding hydrogens is 218 g/mol. The fraction of sp³-hybridized carbons (Fsp3) is 0.385. The Morgan fingerprint density at radius 1 is 1.44 bits per heavy atom. The molecule has 0 bridgehead atoms. The van der Waals surface area contributed by atoms with Crippen molar-refractivity contribution in [1.82, 2.24) is 5.32 Å². The molecule has 0 radical (unpaired) electrons. The molecule has 0 aliphatic heterocycles. The monoisotopic (exact) mass is 235 g/mol. The van der Waals surface area contributed by atoms with Gasteiger partial charge in [0.2, 0.25) is 0 Å². The third-order valence-electron chi connectivity index (χ3n) is 2.79. The SMILES string of the molecule is CNC(CCc1ccco1)Cc1ccsc1. The van der Waals surface area contributed by atoms with Gasteiger partial charge < -0.3 is 9.73 Å². The number of hydrogen-bond acceptors (Lipinski definition) is 3. The Bertz CT molecular complexity index is 380. The van der Waals surface area contributed by atoms with E-state index in [4.69, 9.17) is 4.42 Å². The molecule has 0 aliphatic rings. The molecule has 3 heteroatoms. The summed E-state index contributed by atoms with van der Waals surface area (Å²) >= 11 is 1.76. The molecule has 86 valence electrons. The highest BCUT2D eigenvalue weighted by Gasteiger charge is 2.08. The Balaban J connectivity index is 1.81.